The van der Waals surface area contributed by atoms with Crippen molar-refractivity contribution >= 4 is 11.7 Å². The number of carbonyl (C=O) groups is 1. The van der Waals surface area contributed by atoms with Crippen LogP contribution < -0.4 is 5.73 Å². The third-order valence-corrected chi connectivity index (χ3v) is 3.86. The zero-order valence-corrected chi connectivity index (χ0v) is 12.5. The molecule has 112 valence electrons. The molecule has 0 atom stereocenters. The van der Waals surface area contributed by atoms with Crippen LogP contribution in [0.2, 0.25) is 0 Å². The summed E-state index contributed by atoms with van der Waals surface area (Å²) in [6.45, 7) is 4.09. The lowest BCUT2D eigenvalue weighted by atomic mass is 9.79. The number of hydrogen-bond donors (Lipinski definition) is 2. The first-order valence-electron chi connectivity index (χ1n) is 6.62. The number of aromatic nitrogens is 2. The number of aryl methyl sites for hydroxylation is 1. The Bertz CT molecular complexity index is 491. The molecule has 20 heavy (non-hydrogen) atoms. The van der Waals surface area contributed by atoms with Crippen molar-refractivity contribution in [3.8, 4) is 0 Å². The lowest BCUT2D eigenvalue weighted by molar-refractivity contribution is -0.138. The first-order valence-corrected chi connectivity index (χ1v) is 6.62. The zero-order chi connectivity index (χ0) is 15.3. The van der Waals surface area contributed by atoms with Crippen LogP contribution in [-0.2, 0) is 18.4 Å². The van der Waals surface area contributed by atoms with Gasteiger partial charge in [-0.25, -0.2) is 4.98 Å². The van der Waals surface area contributed by atoms with Crippen molar-refractivity contribution in [3.63, 3.8) is 0 Å². The number of oxime groups is 1. The standard InChI is InChI=1S/C13H23N5O2/c1-5-13(6-2,11(14)16-20)12(19)18(4)9-10-15-7-8-17(10)3/h7-8,20H,5-6,9H2,1-4H3,(H2,14,16). The topological polar surface area (TPSA) is 96.7 Å². The summed E-state index contributed by atoms with van der Waals surface area (Å²) in [7, 11) is 3.57. The van der Waals surface area contributed by atoms with Gasteiger partial charge in [0.05, 0.1) is 6.54 Å². The second-order valence-electron chi connectivity index (χ2n) is 4.89. The second kappa shape index (κ2) is 6.40. The molecule has 0 unspecified atom stereocenters. The number of amidine groups is 1. The third kappa shape index (κ3) is 2.76. The minimum absolute atomic E-state index is 0.0424. The molecule has 1 aromatic rings. The van der Waals surface area contributed by atoms with E-state index in [1.165, 1.54) is 0 Å². The van der Waals surface area contributed by atoms with Gasteiger partial charge in [-0.3, -0.25) is 4.79 Å². The molecule has 1 aromatic heterocycles. The highest BCUT2D eigenvalue weighted by atomic mass is 16.4. The van der Waals surface area contributed by atoms with Crippen LogP contribution in [0.3, 0.4) is 0 Å². The first kappa shape index (κ1) is 16.0. The summed E-state index contributed by atoms with van der Waals surface area (Å²) >= 11 is 0. The maximum atomic E-state index is 12.7. The molecule has 1 rings (SSSR count). The second-order valence-corrected chi connectivity index (χ2v) is 4.89. The lowest BCUT2D eigenvalue weighted by Crippen LogP contribution is -2.49. The molecule has 0 spiro atoms. The van der Waals surface area contributed by atoms with Crippen molar-refractivity contribution in [3.05, 3.63) is 18.2 Å². The fourth-order valence-corrected chi connectivity index (χ4v) is 2.32. The Morgan fingerprint density at radius 1 is 1.55 bits per heavy atom. The fraction of sp³-hybridized carbons (Fsp3) is 0.615. The highest BCUT2D eigenvalue weighted by molar-refractivity contribution is 6.06. The maximum absolute atomic E-state index is 12.7. The van der Waals surface area contributed by atoms with Gasteiger partial charge in [0, 0.05) is 26.5 Å². The van der Waals surface area contributed by atoms with Crippen molar-refractivity contribution in [1.82, 2.24) is 14.5 Å². The lowest BCUT2D eigenvalue weighted by Gasteiger charge is -2.33. The molecule has 3 N–H and O–H groups in total. The third-order valence-electron chi connectivity index (χ3n) is 3.86. The number of nitrogens with zero attached hydrogens (tertiary/aromatic N) is 4. The highest BCUT2D eigenvalue weighted by Crippen LogP contribution is 2.29. The Labute approximate surface area is 119 Å². The van der Waals surface area contributed by atoms with E-state index >= 15 is 0 Å². The molecule has 7 heteroatoms. The van der Waals surface area contributed by atoms with Crippen LogP contribution in [-0.4, -0.2) is 38.4 Å². The van der Waals surface area contributed by atoms with Gasteiger partial charge < -0.3 is 20.4 Å². The van der Waals surface area contributed by atoms with Crippen molar-refractivity contribution in [2.75, 3.05) is 7.05 Å². The molecule has 0 aliphatic carbocycles. The van der Waals surface area contributed by atoms with Crippen molar-refractivity contribution in [2.24, 2.45) is 23.4 Å². The Morgan fingerprint density at radius 2 is 2.15 bits per heavy atom. The average Bonchev–Trinajstić information content (AvgIpc) is 2.85. The molecule has 0 aliphatic rings. The molecule has 0 aliphatic heterocycles. The molecule has 0 saturated heterocycles. The van der Waals surface area contributed by atoms with E-state index in [2.05, 4.69) is 10.1 Å². The van der Waals surface area contributed by atoms with Gasteiger partial charge in [-0.05, 0) is 12.8 Å². The monoisotopic (exact) mass is 281 g/mol. The molecule has 0 fully saturated rings. The Hall–Kier alpha value is -2.05. The minimum Gasteiger partial charge on any atom is -0.409 e. The van der Waals surface area contributed by atoms with Gasteiger partial charge in [-0.15, -0.1) is 0 Å². The number of amides is 1. The SMILES string of the molecule is CCC(CC)(C(=O)N(C)Cc1nccn1C)C(N)=NO. The molecule has 0 aromatic carbocycles. The molecule has 1 amide bonds. The van der Waals surface area contributed by atoms with Crippen LogP contribution in [0.25, 0.3) is 0 Å². The summed E-state index contributed by atoms with van der Waals surface area (Å²) in [6, 6.07) is 0. The Kier molecular flexibility index (Phi) is 5.12. The maximum Gasteiger partial charge on any atom is 0.236 e. The smallest absolute Gasteiger partial charge is 0.236 e. The minimum atomic E-state index is -0.964. The Morgan fingerprint density at radius 3 is 2.55 bits per heavy atom. The van der Waals surface area contributed by atoms with Gasteiger partial charge in [-0.2, -0.15) is 0 Å². The van der Waals surface area contributed by atoms with Gasteiger partial charge in [0.2, 0.25) is 5.91 Å². The van der Waals surface area contributed by atoms with E-state index in [-0.39, 0.29) is 11.7 Å². The molecular formula is C13H23N5O2. The summed E-state index contributed by atoms with van der Waals surface area (Å²) < 4.78 is 1.85. The quantitative estimate of drug-likeness (QED) is 0.351. The number of nitrogens with two attached hydrogens (primary N) is 1. The highest BCUT2D eigenvalue weighted by Gasteiger charge is 2.41. The molecule has 1 heterocycles. The van der Waals surface area contributed by atoms with Crippen molar-refractivity contribution in [2.45, 2.75) is 33.2 Å². The van der Waals surface area contributed by atoms with E-state index in [1.807, 2.05) is 31.7 Å². The predicted octanol–water partition coefficient (Wildman–Crippen LogP) is 0.931. The molecule has 7 nitrogen and oxygen atoms in total. The normalized spacial score (nSPS) is 12.5. The van der Waals surface area contributed by atoms with E-state index in [1.54, 1.807) is 18.1 Å². The molecular weight excluding hydrogens is 258 g/mol. The molecule has 0 saturated carbocycles. The van der Waals surface area contributed by atoms with E-state index < -0.39 is 5.41 Å². The van der Waals surface area contributed by atoms with Crippen LogP contribution in [0.4, 0.5) is 0 Å². The summed E-state index contributed by atoms with van der Waals surface area (Å²) in [5.74, 6) is 0.571. The molecule has 0 bridgehead atoms. The van der Waals surface area contributed by atoms with Crippen LogP contribution in [0.5, 0.6) is 0 Å². The van der Waals surface area contributed by atoms with Gasteiger partial charge in [-0.1, -0.05) is 19.0 Å². The number of hydrogen-bond acceptors (Lipinski definition) is 4. The number of imidazole rings is 1. The van der Waals surface area contributed by atoms with Gasteiger partial charge in [0.25, 0.3) is 0 Å². The predicted molar refractivity (Wildman–Crippen MR) is 76.1 cm³/mol. The van der Waals surface area contributed by atoms with Crippen molar-refractivity contribution < 1.29 is 10.0 Å². The summed E-state index contributed by atoms with van der Waals surface area (Å²) in [5, 5.41) is 12.0. The summed E-state index contributed by atoms with van der Waals surface area (Å²) in [4.78, 5) is 18.4. The van der Waals surface area contributed by atoms with Crippen LogP contribution in [0.15, 0.2) is 17.5 Å². The number of carbonyl (C=O) groups excluding carboxylic acids is 1. The summed E-state index contributed by atoms with van der Waals surface area (Å²) in [5.41, 5.74) is 4.78. The first-order chi connectivity index (χ1) is 9.42. The zero-order valence-electron chi connectivity index (χ0n) is 12.5. The van der Waals surface area contributed by atoms with E-state index in [0.717, 1.165) is 5.82 Å². The van der Waals surface area contributed by atoms with Crippen LogP contribution >= 0.6 is 0 Å². The van der Waals surface area contributed by atoms with E-state index in [0.29, 0.717) is 19.4 Å². The fourth-order valence-electron chi connectivity index (χ4n) is 2.32. The van der Waals surface area contributed by atoms with Gasteiger partial charge >= 0.3 is 0 Å². The van der Waals surface area contributed by atoms with Crippen LogP contribution in [0.1, 0.15) is 32.5 Å². The van der Waals surface area contributed by atoms with E-state index in [4.69, 9.17) is 10.9 Å². The average molecular weight is 281 g/mol. The Balaban J connectivity index is 2.98. The number of rotatable bonds is 6. The van der Waals surface area contributed by atoms with Crippen molar-refractivity contribution in [1.29, 1.82) is 0 Å². The summed E-state index contributed by atoms with van der Waals surface area (Å²) in [6.07, 6.45) is 4.46. The van der Waals surface area contributed by atoms with E-state index in [9.17, 15) is 4.79 Å². The molecule has 0 radical (unpaired) electrons. The van der Waals surface area contributed by atoms with Crippen LogP contribution in [0, 0.1) is 5.41 Å². The van der Waals surface area contributed by atoms with Gasteiger partial charge in [0.1, 0.15) is 11.2 Å². The van der Waals surface area contributed by atoms with Gasteiger partial charge in [0.15, 0.2) is 5.84 Å². The largest absolute Gasteiger partial charge is 0.409 e.